The van der Waals surface area contributed by atoms with E-state index in [-0.39, 0.29) is 5.56 Å². The topological polar surface area (TPSA) is 39.1 Å². The third-order valence-electron chi connectivity index (χ3n) is 2.11. The molecule has 0 saturated heterocycles. The smallest absolute Gasteiger partial charge is 0.255 e. The van der Waals surface area contributed by atoms with Crippen LogP contribution in [0.1, 0.15) is 24.2 Å². The lowest BCUT2D eigenvalue weighted by Crippen LogP contribution is -2.16. The number of nitrogens with zero attached hydrogens (tertiary/aromatic N) is 1. The summed E-state index contributed by atoms with van der Waals surface area (Å²) in [5.74, 6) is 0. The van der Waals surface area contributed by atoms with Crippen molar-refractivity contribution in [2.75, 3.05) is 0 Å². The molecular formula is C14H15NO2. The molecule has 3 nitrogen and oxygen atoms in total. The minimum absolute atomic E-state index is 0.203. The van der Waals surface area contributed by atoms with Gasteiger partial charge in [-0.05, 0) is 18.2 Å². The standard InChI is InChI=1S/C12H9NO2.C2H6/c14-9-10-6-7-13(12(15)8-10)11-4-2-1-3-5-11;1-2/h1-9H;1-2H3. The van der Waals surface area contributed by atoms with Gasteiger partial charge in [0.05, 0.1) is 0 Å². The summed E-state index contributed by atoms with van der Waals surface area (Å²) in [7, 11) is 0. The van der Waals surface area contributed by atoms with Gasteiger partial charge < -0.3 is 0 Å². The van der Waals surface area contributed by atoms with Gasteiger partial charge in [-0.3, -0.25) is 14.2 Å². The van der Waals surface area contributed by atoms with Gasteiger partial charge in [0, 0.05) is 23.5 Å². The number of aromatic nitrogens is 1. The van der Waals surface area contributed by atoms with Crippen LogP contribution in [0, 0.1) is 0 Å². The van der Waals surface area contributed by atoms with Gasteiger partial charge in [-0.2, -0.15) is 0 Å². The normalized spacial score (nSPS) is 9.06. The molecule has 0 bridgehead atoms. The summed E-state index contributed by atoms with van der Waals surface area (Å²) in [5, 5.41) is 0. The highest BCUT2D eigenvalue weighted by molar-refractivity contribution is 5.74. The molecule has 3 heteroatoms. The first-order chi connectivity index (χ1) is 8.31. The van der Waals surface area contributed by atoms with E-state index in [0.29, 0.717) is 11.8 Å². The Balaban J connectivity index is 0.000000686. The molecule has 0 amide bonds. The van der Waals surface area contributed by atoms with Crippen molar-refractivity contribution in [3.05, 3.63) is 64.6 Å². The molecule has 2 rings (SSSR count). The number of hydrogen-bond acceptors (Lipinski definition) is 2. The van der Waals surface area contributed by atoms with Crippen molar-refractivity contribution in [3.63, 3.8) is 0 Å². The molecule has 0 saturated carbocycles. The summed E-state index contributed by atoms with van der Waals surface area (Å²) in [4.78, 5) is 22.1. The van der Waals surface area contributed by atoms with E-state index in [0.717, 1.165) is 5.69 Å². The molecular weight excluding hydrogens is 214 g/mol. The van der Waals surface area contributed by atoms with E-state index >= 15 is 0 Å². The lowest BCUT2D eigenvalue weighted by molar-refractivity contribution is 0.112. The van der Waals surface area contributed by atoms with E-state index in [4.69, 9.17) is 0 Å². The quantitative estimate of drug-likeness (QED) is 0.743. The van der Waals surface area contributed by atoms with Crippen LogP contribution in [0.25, 0.3) is 5.69 Å². The van der Waals surface area contributed by atoms with E-state index < -0.39 is 0 Å². The average Bonchev–Trinajstić information content (AvgIpc) is 2.42. The zero-order valence-corrected chi connectivity index (χ0v) is 9.96. The lowest BCUT2D eigenvalue weighted by atomic mass is 10.2. The number of benzene rings is 1. The minimum Gasteiger partial charge on any atom is -0.298 e. The average molecular weight is 229 g/mol. The van der Waals surface area contributed by atoms with Crippen molar-refractivity contribution < 1.29 is 4.79 Å². The maximum absolute atomic E-state index is 11.6. The molecule has 0 radical (unpaired) electrons. The third kappa shape index (κ3) is 3.14. The first-order valence-electron chi connectivity index (χ1n) is 5.54. The predicted molar refractivity (Wildman–Crippen MR) is 68.8 cm³/mol. The Kier molecular flexibility index (Phi) is 4.88. The second-order valence-electron chi connectivity index (χ2n) is 3.12. The summed E-state index contributed by atoms with van der Waals surface area (Å²) >= 11 is 0. The van der Waals surface area contributed by atoms with Gasteiger partial charge in [-0.25, -0.2) is 0 Å². The number of pyridine rings is 1. The highest BCUT2D eigenvalue weighted by atomic mass is 16.1. The summed E-state index contributed by atoms with van der Waals surface area (Å²) < 4.78 is 1.49. The van der Waals surface area contributed by atoms with Gasteiger partial charge in [0.25, 0.3) is 5.56 Å². The van der Waals surface area contributed by atoms with Gasteiger partial charge >= 0.3 is 0 Å². The van der Waals surface area contributed by atoms with Crippen molar-refractivity contribution >= 4 is 6.29 Å². The van der Waals surface area contributed by atoms with Crippen LogP contribution in [-0.4, -0.2) is 10.9 Å². The van der Waals surface area contributed by atoms with Crippen LogP contribution in [0.4, 0.5) is 0 Å². The molecule has 0 N–H and O–H groups in total. The number of aldehydes is 1. The lowest BCUT2D eigenvalue weighted by Gasteiger charge is -2.04. The van der Waals surface area contributed by atoms with E-state index in [1.54, 1.807) is 12.3 Å². The molecule has 0 unspecified atom stereocenters. The Morgan fingerprint density at radius 2 is 1.71 bits per heavy atom. The fourth-order valence-corrected chi connectivity index (χ4v) is 1.37. The maximum atomic E-state index is 11.6. The predicted octanol–water partition coefficient (Wildman–Crippen LogP) is 2.68. The highest BCUT2D eigenvalue weighted by Crippen LogP contribution is 2.03. The van der Waals surface area contributed by atoms with Gasteiger partial charge in [0.1, 0.15) is 6.29 Å². The molecule has 0 aliphatic heterocycles. The monoisotopic (exact) mass is 229 g/mol. The first kappa shape index (κ1) is 12.9. The van der Waals surface area contributed by atoms with Crippen molar-refractivity contribution in [1.29, 1.82) is 0 Å². The molecule has 2 aromatic rings. The fraction of sp³-hybridized carbons (Fsp3) is 0.143. The Hall–Kier alpha value is -2.16. The molecule has 0 fully saturated rings. The minimum atomic E-state index is -0.203. The molecule has 1 heterocycles. The Morgan fingerprint density at radius 1 is 1.06 bits per heavy atom. The van der Waals surface area contributed by atoms with Gasteiger partial charge in [-0.15, -0.1) is 0 Å². The Morgan fingerprint density at radius 3 is 2.24 bits per heavy atom. The summed E-state index contributed by atoms with van der Waals surface area (Å²) in [5.41, 5.74) is 0.984. The summed E-state index contributed by atoms with van der Waals surface area (Å²) in [6.45, 7) is 4.00. The Labute approximate surface area is 100 Å². The first-order valence-corrected chi connectivity index (χ1v) is 5.54. The second-order valence-corrected chi connectivity index (χ2v) is 3.12. The maximum Gasteiger partial charge on any atom is 0.255 e. The largest absolute Gasteiger partial charge is 0.298 e. The van der Waals surface area contributed by atoms with Crippen molar-refractivity contribution in [2.24, 2.45) is 0 Å². The van der Waals surface area contributed by atoms with Crippen LogP contribution in [0.2, 0.25) is 0 Å². The van der Waals surface area contributed by atoms with Crippen molar-refractivity contribution in [2.45, 2.75) is 13.8 Å². The zero-order valence-electron chi connectivity index (χ0n) is 9.96. The molecule has 17 heavy (non-hydrogen) atoms. The van der Waals surface area contributed by atoms with Crippen LogP contribution in [0.15, 0.2) is 53.5 Å². The number of carbonyl (C=O) groups excluding carboxylic acids is 1. The number of para-hydroxylation sites is 1. The van der Waals surface area contributed by atoms with Gasteiger partial charge in [-0.1, -0.05) is 32.0 Å². The summed E-state index contributed by atoms with van der Waals surface area (Å²) in [6.07, 6.45) is 2.26. The number of rotatable bonds is 2. The van der Waals surface area contributed by atoms with E-state index in [9.17, 15) is 9.59 Å². The van der Waals surface area contributed by atoms with E-state index in [1.165, 1.54) is 10.6 Å². The highest BCUT2D eigenvalue weighted by Gasteiger charge is 1.99. The summed E-state index contributed by atoms with van der Waals surface area (Å²) in [6, 6.07) is 12.2. The van der Waals surface area contributed by atoms with E-state index in [2.05, 4.69) is 0 Å². The van der Waals surface area contributed by atoms with Crippen LogP contribution >= 0.6 is 0 Å². The molecule has 0 aliphatic carbocycles. The third-order valence-corrected chi connectivity index (χ3v) is 2.11. The Bertz CT molecular complexity index is 529. The van der Waals surface area contributed by atoms with Crippen LogP contribution in [0.3, 0.4) is 0 Å². The van der Waals surface area contributed by atoms with Crippen molar-refractivity contribution in [1.82, 2.24) is 4.57 Å². The molecule has 0 aliphatic rings. The van der Waals surface area contributed by atoms with E-state index in [1.807, 2.05) is 44.2 Å². The molecule has 1 aromatic carbocycles. The van der Waals surface area contributed by atoms with Crippen molar-refractivity contribution in [3.8, 4) is 5.69 Å². The number of hydrogen-bond donors (Lipinski definition) is 0. The molecule has 0 spiro atoms. The fourth-order valence-electron chi connectivity index (χ4n) is 1.37. The molecule has 1 aromatic heterocycles. The van der Waals surface area contributed by atoms with Gasteiger partial charge in [0.2, 0.25) is 0 Å². The SMILES string of the molecule is CC.O=Cc1ccn(-c2ccccc2)c(=O)c1. The van der Waals surface area contributed by atoms with Crippen LogP contribution in [-0.2, 0) is 0 Å². The number of carbonyl (C=O) groups is 1. The molecule has 0 atom stereocenters. The zero-order chi connectivity index (χ0) is 12.7. The van der Waals surface area contributed by atoms with Gasteiger partial charge in [0.15, 0.2) is 0 Å². The van der Waals surface area contributed by atoms with Crippen LogP contribution < -0.4 is 5.56 Å². The van der Waals surface area contributed by atoms with Crippen LogP contribution in [0.5, 0.6) is 0 Å². The molecule has 88 valence electrons. The second kappa shape index (κ2) is 6.43.